The maximum atomic E-state index is 12.2. The molecule has 0 atom stereocenters. The van der Waals surface area contributed by atoms with Gasteiger partial charge in [0.05, 0.1) is 0 Å². The van der Waals surface area contributed by atoms with Gasteiger partial charge in [0.2, 0.25) is 0 Å². The van der Waals surface area contributed by atoms with Gasteiger partial charge in [-0.15, -0.1) is 0 Å². The normalized spacial score (nSPS) is 18.8. The van der Waals surface area contributed by atoms with Gasteiger partial charge in [0.15, 0.2) is 0 Å². The standard InChI is InChI=1S/C22H22F2O2/c23-22(24)26-21-10-8-16(9-11-21)6-7-17-3-1-5-19(13-17)20-14-18(15-20)4-2-12-25/h1,3,5,8-11,13,18,20,22,25H,2,4,12,14-15H2. The zero-order valence-electron chi connectivity index (χ0n) is 14.5. The summed E-state index contributed by atoms with van der Waals surface area (Å²) in [7, 11) is 0. The highest BCUT2D eigenvalue weighted by Crippen LogP contribution is 2.43. The summed E-state index contributed by atoms with van der Waals surface area (Å²) in [5.41, 5.74) is 3.02. The van der Waals surface area contributed by atoms with Crippen molar-refractivity contribution in [3.8, 4) is 17.6 Å². The van der Waals surface area contributed by atoms with Gasteiger partial charge in [-0.3, -0.25) is 0 Å². The fourth-order valence-electron chi connectivity index (χ4n) is 3.36. The lowest BCUT2D eigenvalue weighted by Gasteiger charge is -2.35. The fraction of sp³-hybridized carbons (Fsp3) is 0.364. The summed E-state index contributed by atoms with van der Waals surface area (Å²) in [5, 5.41) is 8.91. The monoisotopic (exact) mass is 356 g/mol. The highest BCUT2D eigenvalue weighted by molar-refractivity contribution is 5.45. The Labute approximate surface area is 152 Å². The Morgan fingerprint density at radius 2 is 1.77 bits per heavy atom. The van der Waals surface area contributed by atoms with Crippen LogP contribution in [0.4, 0.5) is 8.78 Å². The Bertz CT molecular complexity index is 769. The molecule has 1 fully saturated rings. The molecule has 1 saturated carbocycles. The van der Waals surface area contributed by atoms with E-state index in [0.29, 0.717) is 5.92 Å². The van der Waals surface area contributed by atoms with E-state index in [0.717, 1.165) is 29.9 Å². The third-order valence-electron chi connectivity index (χ3n) is 4.79. The first kappa shape index (κ1) is 18.4. The van der Waals surface area contributed by atoms with E-state index in [1.807, 2.05) is 12.1 Å². The van der Waals surface area contributed by atoms with E-state index in [-0.39, 0.29) is 12.4 Å². The van der Waals surface area contributed by atoms with E-state index >= 15 is 0 Å². The van der Waals surface area contributed by atoms with Crippen molar-refractivity contribution in [1.82, 2.24) is 0 Å². The molecule has 3 rings (SSSR count). The number of hydrogen-bond donors (Lipinski definition) is 1. The largest absolute Gasteiger partial charge is 0.435 e. The Hall–Kier alpha value is -2.38. The summed E-state index contributed by atoms with van der Waals surface area (Å²) in [6.07, 6.45) is 4.37. The molecule has 2 aromatic rings. The van der Waals surface area contributed by atoms with E-state index in [4.69, 9.17) is 5.11 Å². The first-order valence-corrected chi connectivity index (χ1v) is 8.92. The number of aliphatic hydroxyl groups excluding tert-OH is 1. The number of benzene rings is 2. The van der Waals surface area contributed by atoms with Crippen molar-refractivity contribution in [1.29, 1.82) is 0 Å². The molecule has 1 aliphatic rings. The Morgan fingerprint density at radius 3 is 2.46 bits per heavy atom. The van der Waals surface area contributed by atoms with Crippen LogP contribution in [0, 0.1) is 17.8 Å². The van der Waals surface area contributed by atoms with Gasteiger partial charge in [-0.2, -0.15) is 8.78 Å². The van der Waals surface area contributed by atoms with Crippen LogP contribution in [0.5, 0.6) is 5.75 Å². The van der Waals surface area contributed by atoms with Crippen LogP contribution < -0.4 is 4.74 Å². The third kappa shape index (κ3) is 5.06. The van der Waals surface area contributed by atoms with Crippen molar-refractivity contribution in [3.63, 3.8) is 0 Å². The third-order valence-corrected chi connectivity index (χ3v) is 4.79. The molecule has 0 amide bonds. The minimum atomic E-state index is -2.82. The van der Waals surface area contributed by atoms with E-state index in [2.05, 4.69) is 28.7 Å². The molecule has 0 spiro atoms. The number of rotatable bonds is 6. The number of halogens is 2. The average Bonchev–Trinajstić information content (AvgIpc) is 2.60. The second-order valence-electron chi connectivity index (χ2n) is 6.68. The van der Waals surface area contributed by atoms with E-state index in [9.17, 15) is 8.78 Å². The van der Waals surface area contributed by atoms with Crippen LogP contribution in [0.15, 0.2) is 48.5 Å². The van der Waals surface area contributed by atoms with Crippen molar-refractivity contribution in [2.24, 2.45) is 5.92 Å². The summed E-state index contributed by atoms with van der Waals surface area (Å²) < 4.78 is 28.6. The lowest BCUT2D eigenvalue weighted by Crippen LogP contribution is -2.22. The highest BCUT2D eigenvalue weighted by Gasteiger charge is 2.29. The SMILES string of the molecule is OCCCC1CC(c2cccc(C#Cc3ccc(OC(F)F)cc3)c2)C1. The first-order valence-electron chi connectivity index (χ1n) is 8.92. The number of hydrogen-bond acceptors (Lipinski definition) is 2. The molecule has 26 heavy (non-hydrogen) atoms. The second kappa shape index (κ2) is 8.82. The van der Waals surface area contributed by atoms with Gasteiger partial charge in [0, 0.05) is 17.7 Å². The Balaban J connectivity index is 1.60. The molecule has 0 radical (unpaired) electrons. The Kier molecular flexibility index (Phi) is 6.25. The lowest BCUT2D eigenvalue weighted by atomic mass is 9.69. The maximum absolute atomic E-state index is 12.2. The molecular formula is C22H22F2O2. The van der Waals surface area contributed by atoms with Crippen molar-refractivity contribution in [2.45, 2.75) is 38.2 Å². The topological polar surface area (TPSA) is 29.5 Å². The minimum absolute atomic E-state index is 0.133. The smallest absolute Gasteiger partial charge is 0.387 e. The molecule has 136 valence electrons. The predicted octanol–water partition coefficient (Wildman–Crippen LogP) is 4.95. The first-order chi connectivity index (χ1) is 12.6. The van der Waals surface area contributed by atoms with Gasteiger partial charge in [-0.1, -0.05) is 24.0 Å². The summed E-state index contributed by atoms with van der Waals surface area (Å²) in [6.45, 7) is -2.54. The fourth-order valence-corrected chi connectivity index (χ4v) is 3.36. The van der Waals surface area contributed by atoms with Crippen molar-refractivity contribution >= 4 is 0 Å². The van der Waals surface area contributed by atoms with Crippen LogP contribution in [-0.4, -0.2) is 18.3 Å². The van der Waals surface area contributed by atoms with Gasteiger partial charge in [0.1, 0.15) is 5.75 Å². The van der Waals surface area contributed by atoms with Gasteiger partial charge >= 0.3 is 6.61 Å². The molecular weight excluding hydrogens is 334 g/mol. The predicted molar refractivity (Wildman–Crippen MR) is 97.3 cm³/mol. The van der Waals surface area contributed by atoms with Crippen LogP contribution >= 0.6 is 0 Å². The quantitative estimate of drug-likeness (QED) is 0.742. The highest BCUT2D eigenvalue weighted by atomic mass is 19.3. The Morgan fingerprint density at radius 1 is 1.04 bits per heavy atom. The number of alkyl halides is 2. The zero-order chi connectivity index (χ0) is 18.4. The van der Waals surface area contributed by atoms with Gasteiger partial charge in [-0.25, -0.2) is 0 Å². The van der Waals surface area contributed by atoms with E-state index in [1.165, 1.54) is 30.5 Å². The summed E-state index contributed by atoms with van der Waals surface area (Å²) >= 11 is 0. The molecule has 1 aliphatic carbocycles. The summed E-state index contributed by atoms with van der Waals surface area (Å²) in [5.74, 6) is 7.65. The van der Waals surface area contributed by atoms with Crippen molar-refractivity contribution < 1.29 is 18.6 Å². The van der Waals surface area contributed by atoms with E-state index < -0.39 is 6.61 Å². The summed E-state index contributed by atoms with van der Waals surface area (Å²) in [6, 6.07) is 14.6. The van der Waals surface area contributed by atoms with Gasteiger partial charge < -0.3 is 9.84 Å². The molecule has 2 aromatic carbocycles. The average molecular weight is 356 g/mol. The summed E-state index contributed by atoms with van der Waals surface area (Å²) in [4.78, 5) is 0. The maximum Gasteiger partial charge on any atom is 0.387 e. The minimum Gasteiger partial charge on any atom is -0.435 e. The molecule has 0 aliphatic heterocycles. The molecule has 0 aromatic heterocycles. The molecule has 0 unspecified atom stereocenters. The van der Waals surface area contributed by atoms with Crippen LogP contribution in [0.3, 0.4) is 0 Å². The van der Waals surface area contributed by atoms with Crippen LogP contribution in [0.25, 0.3) is 0 Å². The zero-order valence-corrected chi connectivity index (χ0v) is 14.5. The molecule has 0 heterocycles. The van der Waals surface area contributed by atoms with Crippen LogP contribution in [0.1, 0.15) is 48.3 Å². The molecule has 1 N–H and O–H groups in total. The lowest BCUT2D eigenvalue weighted by molar-refractivity contribution is -0.0498. The molecule has 0 saturated heterocycles. The van der Waals surface area contributed by atoms with Crippen molar-refractivity contribution in [2.75, 3.05) is 6.61 Å². The van der Waals surface area contributed by atoms with Gasteiger partial charge in [-0.05, 0) is 79.5 Å². The molecule has 4 heteroatoms. The van der Waals surface area contributed by atoms with Crippen LogP contribution in [0.2, 0.25) is 0 Å². The number of ether oxygens (including phenoxy) is 1. The van der Waals surface area contributed by atoms with Crippen LogP contribution in [-0.2, 0) is 0 Å². The molecule has 2 nitrogen and oxygen atoms in total. The van der Waals surface area contributed by atoms with E-state index in [1.54, 1.807) is 12.1 Å². The van der Waals surface area contributed by atoms with Crippen molar-refractivity contribution in [3.05, 3.63) is 65.2 Å². The second-order valence-corrected chi connectivity index (χ2v) is 6.68. The van der Waals surface area contributed by atoms with Gasteiger partial charge in [0.25, 0.3) is 0 Å². The molecule has 0 bridgehead atoms. The number of aliphatic hydroxyl groups is 1.